The average molecular weight is 393 g/mol. The lowest BCUT2D eigenvalue weighted by Gasteiger charge is -2.36. The first-order valence-electron chi connectivity index (χ1n) is 10.2. The van der Waals surface area contributed by atoms with E-state index in [4.69, 9.17) is 4.74 Å². The van der Waals surface area contributed by atoms with Crippen molar-refractivity contribution >= 4 is 17.4 Å². The summed E-state index contributed by atoms with van der Waals surface area (Å²) in [5.41, 5.74) is 3.01. The van der Waals surface area contributed by atoms with Crippen molar-refractivity contribution in [2.45, 2.75) is 13.3 Å². The largest absolute Gasteiger partial charge is 0.492 e. The van der Waals surface area contributed by atoms with Crippen LogP contribution in [-0.4, -0.2) is 59.6 Å². The number of amides is 2. The molecule has 7 nitrogen and oxygen atoms in total. The van der Waals surface area contributed by atoms with Crippen LogP contribution in [0, 0.1) is 0 Å². The van der Waals surface area contributed by atoms with Crippen LogP contribution in [0.3, 0.4) is 0 Å². The lowest BCUT2D eigenvalue weighted by Crippen LogP contribution is -2.52. The second-order valence-corrected chi connectivity index (χ2v) is 7.06. The van der Waals surface area contributed by atoms with E-state index in [1.54, 1.807) is 0 Å². The summed E-state index contributed by atoms with van der Waals surface area (Å²) in [4.78, 5) is 21.2. The molecule has 0 saturated carbocycles. The fourth-order valence-electron chi connectivity index (χ4n) is 3.66. The van der Waals surface area contributed by atoms with Crippen molar-refractivity contribution in [1.82, 2.24) is 19.6 Å². The number of nitrogens with zero attached hydrogens (tertiary/aromatic N) is 4. The minimum absolute atomic E-state index is 0.00786. The summed E-state index contributed by atoms with van der Waals surface area (Å²) in [6.45, 7) is 6.20. The van der Waals surface area contributed by atoms with E-state index in [1.807, 2.05) is 65.0 Å². The van der Waals surface area contributed by atoms with E-state index in [-0.39, 0.29) is 6.03 Å². The minimum atomic E-state index is -0.00786. The number of pyridine rings is 1. The number of piperazine rings is 1. The number of nitrogens with one attached hydrogen (secondary N) is 1. The van der Waals surface area contributed by atoms with Crippen molar-refractivity contribution in [3.05, 3.63) is 60.6 Å². The van der Waals surface area contributed by atoms with Crippen molar-refractivity contribution in [1.29, 1.82) is 0 Å². The molecule has 0 unspecified atom stereocenters. The van der Waals surface area contributed by atoms with Crippen molar-refractivity contribution in [2.24, 2.45) is 0 Å². The minimum Gasteiger partial charge on any atom is -0.492 e. The van der Waals surface area contributed by atoms with E-state index in [2.05, 4.69) is 21.3 Å². The number of fused-ring (bicyclic) bond motifs is 1. The van der Waals surface area contributed by atoms with E-state index in [0.29, 0.717) is 26.2 Å². The van der Waals surface area contributed by atoms with Crippen LogP contribution in [0.1, 0.15) is 12.6 Å². The van der Waals surface area contributed by atoms with Gasteiger partial charge in [0.1, 0.15) is 11.4 Å². The summed E-state index contributed by atoms with van der Waals surface area (Å²) in [6.07, 6.45) is 4.71. The molecule has 1 N–H and O–H groups in total. The molecule has 1 aliphatic rings. The number of anilines is 1. The fraction of sp³-hybridized carbons (Fsp3) is 0.364. The standard InChI is InChI=1S/C22H27N5O2/c1-2-29-20-8-4-3-7-19(20)25-13-15-26(16-14-25)22(28)23-11-10-18-17-27-12-6-5-9-21(27)24-18/h3-9,12,17H,2,10-11,13-16H2,1H3,(H,23,28). The second kappa shape index (κ2) is 8.86. The molecule has 4 rings (SSSR count). The molecule has 2 aromatic heterocycles. The highest BCUT2D eigenvalue weighted by molar-refractivity contribution is 5.74. The van der Waals surface area contributed by atoms with Gasteiger partial charge in [-0.2, -0.15) is 0 Å². The third-order valence-corrected chi connectivity index (χ3v) is 5.14. The Morgan fingerprint density at radius 2 is 1.90 bits per heavy atom. The Kier molecular flexibility index (Phi) is 5.84. The van der Waals surface area contributed by atoms with E-state index in [0.717, 1.165) is 42.3 Å². The molecule has 1 aliphatic heterocycles. The van der Waals surface area contributed by atoms with Crippen molar-refractivity contribution in [3.8, 4) is 5.75 Å². The van der Waals surface area contributed by atoms with Crippen molar-refractivity contribution in [2.75, 3.05) is 44.2 Å². The van der Waals surface area contributed by atoms with Crippen LogP contribution in [0.4, 0.5) is 10.5 Å². The molecular formula is C22H27N5O2. The first kappa shape index (κ1) is 19.1. The highest BCUT2D eigenvalue weighted by Crippen LogP contribution is 2.28. The molecule has 0 atom stereocenters. The number of imidazole rings is 1. The number of para-hydroxylation sites is 2. The Morgan fingerprint density at radius 1 is 1.10 bits per heavy atom. The lowest BCUT2D eigenvalue weighted by molar-refractivity contribution is 0.194. The Hall–Kier alpha value is -3.22. The summed E-state index contributed by atoms with van der Waals surface area (Å²) < 4.78 is 7.74. The summed E-state index contributed by atoms with van der Waals surface area (Å²) in [5, 5.41) is 3.03. The molecule has 0 aliphatic carbocycles. The maximum atomic E-state index is 12.5. The van der Waals surface area contributed by atoms with Crippen LogP contribution in [0.25, 0.3) is 5.65 Å². The van der Waals surface area contributed by atoms with Gasteiger partial charge in [-0.05, 0) is 31.2 Å². The van der Waals surface area contributed by atoms with Crippen LogP contribution in [0.15, 0.2) is 54.9 Å². The topological polar surface area (TPSA) is 62.1 Å². The smallest absolute Gasteiger partial charge is 0.317 e. The van der Waals surface area contributed by atoms with Crippen LogP contribution >= 0.6 is 0 Å². The van der Waals surface area contributed by atoms with Crippen molar-refractivity contribution in [3.63, 3.8) is 0 Å². The van der Waals surface area contributed by atoms with Crippen LogP contribution in [0.5, 0.6) is 5.75 Å². The van der Waals surface area contributed by atoms with Crippen LogP contribution < -0.4 is 15.0 Å². The molecule has 3 aromatic rings. The molecule has 0 bridgehead atoms. The molecule has 7 heteroatoms. The molecule has 152 valence electrons. The van der Waals surface area contributed by atoms with Crippen molar-refractivity contribution < 1.29 is 9.53 Å². The fourth-order valence-corrected chi connectivity index (χ4v) is 3.66. The number of hydrogen-bond acceptors (Lipinski definition) is 4. The third kappa shape index (κ3) is 4.45. The zero-order valence-corrected chi connectivity index (χ0v) is 16.8. The highest BCUT2D eigenvalue weighted by Gasteiger charge is 2.22. The third-order valence-electron chi connectivity index (χ3n) is 5.14. The van der Waals surface area contributed by atoms with Gasteiger partial charge in [0.2, 0.25) is 0 Å². The summed E-state index contributed by atoms with van der Waals surface area (Å²) in [7, 11) is 0. The zero-order valence-electron chi connectivity index (χ0n) is 16.8. The van der Waals surface area contributed by atoms with Crippen LogP contribution in [-0.2, 0) is 6.42 Å². The van der Waals surface area contributed by atoms with Gasteiger partial charge in [-0.25, -0.2) is 9.78 Å². The van der Waals surface area contributed by atoms with Gasteiger partial charge in [0.25, 0.3) is 0 Å². The molecule has 2 amide bonds. The number of rotatable bonds is 6. The predicted molar refractivity (Wildman–Crippen MR) is 114 cm³/mol. The van der Waals surface area contributed by atoms with Gasteiger partial charge in [0.05, 0.1) is 18.0 Å². The second-order valence-electron chi connectivity index (χ2n) is 7.06. The quantitative estimate of drug-likeness (QED) is 0.700. The summed E-state index contributed by atoms with van der Waals surface area (Å²) >= 11 is 0. The molecule has 29 heavy (non-hydrogen) atoms. The number of ether oxygens (including phenoxy) is 1. The first-order chi connectivity index (χ1) is 14.2. The number of carbonyl (C=O) groups excluding carboxylic acids is 1. The predicted octanol–water partition coefficient (Wildman–Crippen LogP) is 2.81. The van der Waals surface area contributed by atoms with Gasteiger partial charge in [0, 0.05) is 51.5 Å². The maximum Gasteiger partial charge on any atom is 0.317 e. The maximum absolute atomic E-state index is 12.5. The Morgan fingerprint density at radius 3 is 2.69 bits per heavy atom. The highest BCUT2D eigenvalue weighted by atomic mass is 16.5. The number of carbonyl (C=O) groups is 1. The summed E-state index contributed by atoms with van der Waals surface area (Å²) in [6, 6.07) is 14.0. The average Bonchev–Trinajstić information content (AvgIpc) is 3.17. The van der Waals surface area contributed by atoms with Crippen LogP contribution in [0.2, 0.25) is 0 Å². The number of urea groups is 1. The van der Waals surface area contributed by atoms with Gasteiger partial charge >= 0.3 is 6.03 Å². The van der Waals surface area contributed by atoms with E-state index >= 15 is 0 Å². The molecule has 3 heterocycles. The molecular weight excluding hydrogens is 366 g/mol. The first-order valence-corrected chi connectivity index (χ1v) is 10.2. The van der Waals surface area contributed by atoms with Gasteiger partial charge in [-0.15, -0.1) is 0 Å². The molecule has 1 aromatic carbocycles. The monoisotopic (exact) mass is 393 g/mol. The SMILES string of the molecule is CCOc1ccccc1N1CCN(C(=O)NCCc2cn3ccccc3n2)CC1. The normalized spacial score (nSPS) is 14.2. The molecule has 0 radical (unpaired) electrons. The van der Waals surface area contributed by atoms with E-state index in [1.165, 1.54) is 0 Å². The Balaban J connectivity index is 1.26. The van der Waals surface area contributed by atoms with E-state index < -0.39 is 0 Å². The summed E-state index contributed by atoms with van der Waals surface area (Å²) in [5.74, 6) is 0.903. The number of aromatic nitrogens is 2. The molecule has 1 saturated heterocycles. The lowest BCUT2D eigenvalue weighted by atomic mass is 10.2. The molecule has 1 fully saturated rings. The Bertz CT molecular complexity index is 930. The number of benzene rings is 1. The molecule has 0 spiro atoms. The Labute approximate surface area is 170 Å². The van der Waals surface area contributed by atoms with E-state index in [9.17, 15) is 4.79 Å². The number of hydrogen-bond donors (Lipinski definition) is 1. The van der Waals surface area contributed by atoms with Gasteiger partial charge in [-0.3, -0.25) is 0 Å². The van der Waals surface area contributed by atoms with Gasteiger partial charge < -0.3 is 24.3 Å². The zero-order chi connectivity index (χ0) is 20.1. The van der Waals surface area contributed by atoms with Gasteiger partial charge in [0.15, 0.2) is 0 Å². The van der Waals surface area contributed by atoms with Gasteiger partial charge in [-0.1, -0.05) is 18.2 Å².